The van der Waals surface area contributed by atoms with Crippen LogP contribution in [-0.2, 0) is 0 Å². The second-order valence-corrected chi connectivity index (χ2v) is 4.30. The first-order valence-corrected chi connectivity index (χ1v) is 5.36. The Labute approximate surface area is 91.9 Å². The number of hydrogen-bond acceptors (Lipinski definition) is 4. The topological polar surface area (TPSA) is 18.5 Å². The van der Waals surface area contributed by atoms with Crippen LogP contribution in [0.15, 0.2) is 23.1 Å². The van der Waals surface area contributed by atoms with Gasteiger partial charge in [0.15, 0.2) is 5.06 Å². The zero-order valence-electron chi connectivity index (χ0n) is 7.90. The molecule has 0 saturated heterocycles. The number of benzene rings is 1. The van der Waals surface area contributed by atoms with Crippen molar-refractivity contribution in [1.29, 1.82) is 0 Å². The summed E-state index contributed by atoms with van der Waals surface area (Å²) in [6, 6.07) is 5.82. The van der Waals surface area contributed by atoms with E-state index in [1.165, 1.54) is 0 Å². The Morgan fingerprint density at radius 3 is 2.64 bits per heavy atom. The molecule has 2 rings (SSSR count). The molecule has 14 heavy (non-hydrogen) atoms. The van der Waals surface area contributed by atoms with Crippen molar-refractivity contribution in [2.45, 2.75) is 4.90 Å². The highest BCUT2D eigenvalue weighted by molar-refractivity contribution is 7.80. The maximum absolute atomic E-state index is 5.26. The Bertz CT molecular complexity index is 462. The number of methoxy groups -OCH3 is 2. The molecule has 0 radical (unpaired) electrons. The van der Waals surface area contributed by atoms with E-state index in [1.807, 2.05) is 18.2 Å². The van der Waals surface area contributed by atoms with Gasteiger partial charge in [-0.3, -0.25) is 0 Å². The molecule has 2 nitrogen and oxygen atoms in total. The Hall–Kier alpha value is -0.870. The fourth-order valence-corrected chi connectivity index (χ4v) is 2.64. The maximum Gasteiger partial charge on any atom is 0.174 e. The Kier molecular flexibility index (Phi) is 2.56. The van der Waals surface area contributed by atoms with Gasteiger partial charge in [0.2, 0.25) is 0 Å². The summed E-state index contributed by atoms with van der Waals surface area (Å²) >= 11 is 5.95. The minimum absolute atomic E-state index is 0.867. The molecule has 74 valence electrons. The van der Waals surface area contributed by atoms with Gasteiger partial charge in [-0.05, 0) is 12.1 Å². The third-order valence-corrected chi connectivity index (χ3v) is 3.52. The van der Waals surface area contributed by atoms with Gasteiger partial charge < -0.3 is 9.47 Å². The lowest BCUT2D eigenvalue weighted by Crippen LogP contribution is -1.81. The molecule has 0 N–H and O–H groups in total. The molecule has 0 bridgehead atoms. The molecule has 0 fully saturated rings. The van der Waals surface area contributed by atoms with E-state index in [0.717, 1.165) is 25.8 Å². The smallest absolute Gasteiger partial charge is 0.174 e. The van der Waals surface area contributed by atoms with Gasteiger partial charge in [0, 0.05) is 16.3 Å². The quantitative estimate of drug-likeness (QED) is 0.793. The van der Waals surface area contributed by atoms with Gasteiger partial charge in [0.05, 0.1) is 18.9 Å². The van der Waals surface area contributed by atoms with Crippen LogP contribution in [0.25, 0.3) is 10.1 Å². The van der Waals surface area contributed by atoms with Crippen LogP contribution < -0.4 is 9.47 Å². The second-order valence-electron chi connectivity index (χ2n) is 2.80. The number of fused-ring (bicyclic) bond motifs is 1. The second kappa shape index (κ2) is 3.71. The van der Waals surface area contributed by atoms with E-state index >= 15 is 0 Å². The molecule has 0 amide bonds. The average molecular weight is 226 g/mol. The van der Waals surface area contributed by atoms with Crippen molar-refractivity contribution < 1.29 is 9.47 Å². The molecule has 0 aliphatic carbocycles. The van der Waals surface area contributed by atoms with E-state index in [0.29, 0.717) is 0 Å². The van der Waals surface area contributed by atoms with Gasteiger partial charge in [-0.15, -0.1) is 12.6 Å². The SMILES string of the molecule is COc1cc2c(S)ccc(OC)c2s1. The fraction of sp³-hybridized carbons (Fsp3) is 0.200. The highest BCUT2D eigenvalue weighted by atomic mass is 32.1. The first kappa shape index (κ1) is 9.68. The van der Waals surface area contributed by atoms with Gasteiger partial charge in [-0.1, -0.05) is 11.3 Å². The summed E-state index contributed by atoms with van der Waals surface area (Å²) in [6.07, 6.45) is 0. The standard InChI is InChI=1S/C10H10O2S2/c1-11-7-3-4-8(13)6-5-9(12-2)14-10(6)7/h3-5,13H,1-2H3. The zero-order chi connectivity index (χ0) is 10.1. The monoisotopic (exact) mass is 226 g/mol. The fourth-order valence-electron chi connectivity index (χ4n) is 1.32. The van der Waals surface area contributed by atoms with E-state index in [2.05, 4.69) is 12.6 Å². The normalized spacial score (nSPS) is 10.5. The average Bonchev–Trinajstić information content (AvgIpc) is 2.63. The summed E-state index contributed by atoms with van der Waals surface area (Å²) in [4.78, 5) is 0.945. The minimum atomic E-state index is 0.867. The Morgan fingerprint density at radius 2 is 2.00 bits per heavy atom. The molecule has 2 aromatic rings. The highest BCUT2D eigenvalue weighted by Crippen LogP contribution is 2.40. The Balaban J connectivity index is 2.74. The molecular formula is C10H10O2S2. The number of thiol groups is 1. The van der Waals surface area contributed by atoms with Crippen LogP contribution in [0.3, 0.4) is 0 Å². The van der Waals surface area contributed by atoms with Crippen molar-refractivity contribution in [2.24, 2.45) is 0 Å². The molecule has 0 unspecified atom stereocenters. The number of hydrogen-bond donors (Lipinski definition) is 1. The van der Waals surface area contributed by atoms with Crippen molar-refractivity contribution in [2.75, 3.05) is 14.2 Å². The molecule has 0 spiro atoms. The molecular weight excluding hydrogens is 216 g/mol. The first-order chi connectivity index (χ1) is 6.76. The van der Waals surface area contributed by atoms with Crippen molar-refractivity contribution in [1.82, 2.24) is 0 Å². The molecule has 4 heteroatoms. The lowest BCUT2D eigenvalue weighted by Gasteiger charge is -2.01. The minimum Gasteiger partial charge on any atom is -0.495 e. The molecule has 1 aromatic heterocycles. The molecule has 0 atom stereocenters. The summed E-state index contributed by atoms with van der Waals surface area (Å²) in [7, 11) is 3.33. The van der Waals surface area contributed by atoms with Crippen molar-refractivity contribution in [3.05, 3.63) is 18.2 Å². The Morgan fingerprint density at radius 1 is 1.21 bits per heavy atom. The predicted octanol–water partition coefficient (Wildman–Crippen LogP) is 3.21. The molecule has 0 aliphatic heterocycles. The van der Waals surface area contributed by atoms with Crippen molar-refractivity contribution in [3.63, 3.8) is 0 Å². The van der Waals surface area contributed by atoms with Gasteiger partial charge >= 0.3 is 0 Å². The third kappa shape index (κ3) is 1.44. The largest absolute Gasteiger partial charge is 0.495 e. The number of thiophene rings is 1. The van der Waals surface area contributed by atoms with E-state index in [1.54, 1.807) is 25.6 Å². The summed E-state index contributed by atoms with van der Waals surface area (Å²) in [5.41, 5.74) is 0. The van der Waals surface area contributed by atoms with Crippen LogP contribution >= 0.6 is 24.0 Å². The predicted molar refractivity (Wildman–Crippen MR) is 62.2 cm³/mol. The van der Waals surface area contributed by atoms with Gasteiger partial charge in [0.1, 0.15) is 5.75 Å². The van der Waals surface area contributed by atoms with E-state index in [9.17, 15) is 0 Å². The van der Waals surface area contributed by atoms with Gasteiger partial charge in [0.25, 0.3) is 0 Å². The summed E-state index contributed by atoms with van der Waals surface area (Å²) in [6.45, 7) is 0. The number of rotatable bonds is 2. The zero-order valence-corrected chi connectivity index (χ0v) is 9.61. The first-order valence-electron chi connectivity index (χ1n) is 4.09. The molecule has 1 aromatic carbocycles. The summed E-state index contributed by atoms with van der Waals surface area (Å²) in [5, 5.41) is 1.95. The lowest BCUT2D eigenvalue weighted by molar-refractivity contribution is 0.420. The van der Waals surface area contributed by atoms with Crippen LogP contribution in [0.1, 0.15) is 0 Å². The number of ether oxygens (including phenoxy) is 2. The van der Waals surface area contributed by atoms with Crippen LogP contribution in [0, 0.1) is 0 Å². The van der Waals surface area contributed by atoms with E-state index < -0.39 is 0 Å². The van der Waals surface area contributed by atoms with Crippen molar-refractivity contribution in [3.8, 4) is 10.8 Å². The van der Waals surface area contributed by atoms with Crippen LogP contribution in [0.2, 0.25) is 0 Å². The molecule has 0 saturated carbocycles. The molecule has 1 heterocycles. The van der Waals surface area contributed by atoms with E-state index in [-0.39, 0.29) is 0 Å². The maximum atomic E-state index is 5.26. The van der Waals surface area contributed by atoms with Crippen LogP contribution in [0.5, 0.6) is 10.8 Å². The lowest BCUT2D eigenvalue weighted by atomic mass is 10.2. The van der Waals surface area contributed by atoms with Crippen LogP contribution in [0.4, 0.5) is 0 Å². The summed E-state index contributed by atoms with van der Waals surface area (Å²) in [5.74, 6) is 0.867. The van der Waals surface area contributed by atoms with Gasteiger partial charge in [-0.2, -0.15) is 0 Å². The van der Waals surface area contributed by atoms with E-state index in [4.69, 9.17) is 9.47 Å². The van der Waals surface area contributed by atoms with Gasteiger partial charge in [-0.25, -0.2) is 0 Å². The third-order valence-electron chi connectivity index (χ3n) is 2.02. The van der Waals surface area contributed by atoms with Crippen LogP contribution in [-0.4, -0.2) is 14.2 Å². The molecule has 0 aliphatic rings. The van der Waals surface area contributed by atoms with Crippen molar-refractivity contribution >= 4 is 34.1 Å². The summed E-state index contributed by atoms with van der Waals surface area (Å²) < 4.78 is 11.5. The highest BCUT2D eigenvalue weighted by Gasteiger charge is 2.09.